The fourth-order valence-electron chi connectivity index (χ4n) is 6.94. The predicted molar refractivity (Wildman–Crippen MR) is 168 cm³/mol. The van der Waals surface area contributed by atoms with Gasteiger partial charge in [0.05, 0.1) is 16.9 Å². The van der Waals surface area contributed by atoms with Crippen LogP contribution in [0.3, 0.4) is 0 Å². The van der Waals surface area contributed by atoms with Crippen LogP contribution in [0.1, 0.15) is 62.1 Å². The van der Waals surface area contributed by atoms with Gasteiger partial charge in [0.15, 0.2) is 11.4 Å². The summed E-state index contributed by atoms with van der Waals surface area (Å²) in [5.74, 6) is 1.31. The van der Waals surface area contributed by atoms with E-state index in [-0.39, 0.29) is 28.0 Å². The van der Waals surface area contributed by atoms with E-state index in [0.717, 1.165) is 44.6 Å². The zero-order chi connectivity index (χ0) is 30.5. The molecule has 0 bridgehead atoms. The topological polar surface area (TPSA) is 165 Å². The number of fused-ring (bicyclic) bond motifs is 1. The van der Waals surface area contributed by atoms with E-state index in [0.29, 0.717) is 40.5 Å². The summed E-state index contributed by atoms with van der Waals surface area (Å²) >= 11 is 7.91. The molecule has 1 saturated heterocycles. The molecule has 3 atom stereocenters. The number of aryl methyl sites for hydroxylation is 1. The highest BCUT2D eigenvalue weighted by Gasteiger charge is 2.49. The maximum atomic E-state index is 13.1. The van der Waals surface area contributed by atoms with Crippen molar-refractivity contribution in [2.75, 3.05) is 29.0 Å². The van der Waals surface area contributed by atoms with Crippen molar-refractivity contribution in [3.63, 3.8) is 0 Å². The number of nitrogen functional groups attached to an aromatic ring is 1. The molecule has 0 radical (unpaired) electrons. The second-order valence-corrected chi connectivity index (χ2v) is 13.6. The Hall–Kier alpha value is -3.35. The molecule has 1 spiro atoms. The number of carbonyl (C=O) groups excluding carboxylic acids is 1. The van der Waals surface area contributed by atoms with Gasteiger partial charge in [0, 0.05) is 37.0 Å². The van der Waals surface area contributed by atoms with Crippen LogP contribution in [-0.2, 0) is 13.0 Å². The Bertz CT molecular complexity index is 1620. The van der Waals surface area contributed by atoms with Crippen molar-refractivity contribution in [2.24, 2.45) is 23.0 Å². The summed E-state index contributed by atoms with van der Waals surface area (Å²) < 4.78 is 1.45. The highest BCUT2D eigenvalue weighted by molar-refractivity contribution is 7.99. The Morgan fingerprint density at radius 1 is 1.19 bits per heavy atom. The summed E-state index contributed by atoms with van der Waals surface area (Å²) in [5, 5.41) is 13.8. The van der Waals surface area contributed by atoms with Gasteiger partial charge in [0.2, 0.25) is 5.88 Å². The van der Waals surface area contributed by atoms with Gasteiger partial charge >= 0.3 is 0 Å². The van der Waals surface area contributed by atoms with Crippen LogP contribution in [0.5, 0.6) is 5.88 Å². The smallest absolute Gasteiger partial charge is 0.270 e. The normalized spacial score (nSPS) is 22.9. The van der Waals surface area contributed by atoms with Crippen LogP contribution in [0.2, 0.25) is 5.02 Å². The molecule has 6 N–H and O–H groups in total. The molecule has 2 fully saturated rings. The Morgan fingerprint density at radius 2 is 1.95 bits per heavy atom. The zero-order valence-corrected chi connectivity index (χ0v) is 25.9. The molecule has 1 amide bonds. The summed E-state index contributed by atoms with van der Waals surface area (Å²) in [7, 11) is 0. The molecule has 3 aromatic rings. The van der Waals surface area contributed by atoms with E-state index in [1.807, 2.05) is 0 Å². The molecule has 1 aliphatic carbocycles. The van der Waals surface area contributed by atoms with Crippen molar-refractivity contribution in [1.82, 2.24) is 19.5 Å². The lowest BCUT2D eigenvalue weighted by Crippen LogP contribution is -2.48. The number of nitrogens with one attached hydrogen (secondary N) is 1. The first-order valence-electron chi connectivity index (χ1n) is 14.8. The fraction of sp³-hybridized carbons (Fsp3) is 0.500. The van der Waals surface area contributed by atoms with Crippen molar-refractivity contribution in [2.45, 2.75) is 74.9 Å². The average Bonchev–Trinajstić information content (AvgIpc) is 3.19. The SMILES string of the molecule is C[C@H]1[C@H](C)CC2(CCN(c3cnc(Sc4cccc(NC(=O)c5c(O)nc6n(c5=O)CCCC6)c4Cl)c(N)n3)CC2)[C@@H]1N. The fourth-order valence-corrected chi connectivity index (χ4v) is 8.04. The van der Waals surface area contributed by atoms with E-state index in [9.17, 15) is 14.7 Å². The van der Waals surface area contributed by atoms with Gasteiger partial charge in [0.25, 0.3) is 11.5 Å². The van der Waals surface area contributed by atoms with E-state index in [2.05, 4.69) is 39.0 Å². The van der Waals surface area contributed by atoms with Crippen LogP contribution in [0.25, 0.3) is 0 Å². The molecule has 4 heterocycles. The van der Waals surface area contributed by atoms with Gasteiger partial charge in [-0.1, -0.05) is 43.3 Å². The van der Waals surface area contributed by atoms with Gasteiger partial charge in [-0.3, -0.25) is 14.2 Å². The molecule has 43 heavy (non-hydrogen) atoms. The monoisotopic (exact) mass is 624 g/mol. The third-order valence-electron chi connectivity index (χ3n) is 9.64. The Labute approximate surface area is 259 Å². The molecule has 13 heteroatoms. The Kier molecular flexibility index (Phi) is 8.03. The summed E-state index contributed by atoms with van der Waals surface area (Å²) in [6.07, 6.45) is 7.23. The van der Waals surface area contributed by atoms with E-state index in [4.69, 9.17) is 23.1 Å². The number of carbonyl (C=O) groups is 1. The largest absolute Gasteiger partial charge is 0.493 e. The number of rotatable bonds is 5. The van der Waals surface area contributed by atoms with Crippen molar-refractivity contribution >= 4 is 46.6 Å². The number of aromatic nitrogens is 4. The van der Waals surface area contributed by atoms with Crippen LogP contribution in [0.15, 0.2) is 39.1 Å². The number of hydrogen-bond acceptors (Lipinski definition) is 10. The minimum Gasteiger partial charge on any atom is -0.493 e. The number of nitrogens with two attached hydrogens (primary N) is 2. The standard InChI is InChI=1S/C30H37ClN8O3S/c1-16-14-30(24(32)17(16)2)9-12-38(13-10-30)21-15-34-28(25(33)36-21)43-19-7-5-6-18(23(19)31)35-26(40)22-27(41)37-20-8-3-4-11-39(20)29(22)42/h5-7,15-17,24,41H,3-4,8-14,32H2,1-2H3,(H2,33,36)(H,35,40)/t16-,17+,24-/m1/s1. The van der Waals surface area contributed by atoms with Gasteiger partial charge in [-0.05, 0) is 61.5 Å². The highest BCUT2D eigenvalue weighted by Crippen LogP contribution is 2.51. The number of aromatic hydroxyl groups is 1. The number of benzene rings is 1. The Morgan fingerprint density at radius 3 is 2.65 bits per heavy atom. The lowest BCUT2D eigenvalue weighted by molar-refractivity contribution is 0.102. The summed E-state index contributed by atoms with van der Waals surface area (Å²) in [6, 6.07) is 5.34. The molecule has 3 aliphatic rings. The molecule has 2 aliphatic heterocycles. The summed E-state index contributed by atoms with van der Waals surface area (Å²) in [4.78, 5) is 42.2. The minimum atomic E-state index is -0.783. The van der Waals surface area contributed by atoms with Crippen LogP contribution in [0.4, 0.5) is 17.3 Å². The minimum absolute atomic E-state index is 0.199. The molecule has 0 unspecified atom stereocenters. The first kappa shape index (κ1) is 29.7. The van der Waals surface area contributed by atoms with Gasteiger partial charge in [-0.15, -0.1) is 0 Å². The molecular weight excluding hydrogens is 588 g/mol. The lowest BCUT2D eigenvalue weighted by atomic mass is 9.73. The number of hydrogen-bond donors (Lipinski definition) is 4. The molecular formula is C30H37ClN8O3S. The van der Waals surface area contributed by atoms with Crippen molar-refractivity contribution in [1.29, 1.82) is 0 Å². The molecule has 228 valence electrons. The van der Waals surface area contributed by atoms with Crippen LogP contribution >= 0.6 is 23.4 Å². The zero-order valence-electron chi connectivity index (χ0n) is 24.3. The first-order valence-corrected chi connectivity index (χ1v) is 16.0. The highest BCUT2D eigenvalue weighted by atomic mass is 35.5. The second kappa shape index (κ2) is 11.6. The number of amides is 1. The van der Waals surface area contributed by atoms with Crippen LogP contribution in [0, 0.1) is 17.3 Å². The Balaban J connectivity index is 1.15. The number of anilines is 3. The molecule has 11 nitrogen and oxygen atoms in total. The van der Waals surface area contributed by atoms with Gasteiger partial charge < -0.3 is 26.8 Å². The molecule has 1 aromatic carbocycles. The lowest BCUT2D eigenvalue weighted by Gasteiger charge is -2.43. The van der Waals surface area contributed by atoms with E-state index >= 15 is 0 Å². The summed E-state index contributed by atoms with van der Waals surface area (Å²) in [5.41, 5.74) is 12.5. The molecule has 2 aromatic heterocycles. The third-order valence-corrected chi connectivity index (χ3v) is 11.2. The van der Waals surface area contributed by atoms with E-state index < -0.39 is 22.9 Å². The number of halogens is 1. The van der Waals surface area contributed by atoms with Crippen LogP contribution in [-0.4, -0.2) is 49.7 Å². The van der Waals surface area contributed by atoms with Crippen molar-refractivity contribution in [3.05, 3.63) is 51.2 Å². The number of nitrogens with zero attached hydrogens (tertiary/aromatic N) is 5. The first-order chi connectivity index (χ1) is 20.6. The van der Waals surface area contributed by atoms with Gasteiger partial charge in [0.1, 0.15) is 16.7 Å². The quantitative estimate of drug-likeness (QED) is 0.321. The average molecular weight is 625 g/mol. The van der Waals surface area contributed by atoms with E-state index in [1.54, 1.807) is 24.4 Å². The molecule has 1 saturated carbocycles. The predicted octanol–water partition coefficient (Wildman–Crippen LogP) is 4.30. The van der Waals surface area contributed by atoms with Crippen LogP contribution < -0.4 is 27.2 Å². The summed E-state index contributed by atoms with van der Waals surface area (Å²) in [6.45, 7) is 6.76. The van der Waals surface area contributed by atoms with Crippen molar-refractivity contribution in [3.8, 4) is 5.88 Å². The van der Waals surface area contributed by atoms with Gasteiger partial charge in [-0.2, -0.15) is 4.98 Å². The maximum Gasteiger partial charge on any atom is 0.270 e. The second-order valence-electron chi connectivity index (χ2n) is 12.1. The third kappa shape index (κ3) is 5.44. The van der Waals surface area contributed by atoms with E-state index in [1.165, 1.54) is 22.7 Å². The molecule has 6 rings (SSSR count). The number of piperidine rings is 1. The maximum absolute atomic E-state index is 13.1. The van der Waals surface area contributed by atoms with Crippen molar-refractivity contribution < 1.29 is 9.90 Å². The van der Waals surface area contributed by atoms with Gasteiger partial charge in [-0.25, -0.2) is 9.97 Å².